The van der Waals surface area contributed by atoms with E-state index in [-0.39, 0.29) is 0 Å². The Morgan fingerprint density at radius 1 is 0.850 bits per heavy atom. The Bertz CT molecular complexity index is 775. The molecule has 4 aromatic rings. The van der Waals surface area contributed by atoms with Gasteiger partial charge in [-0.2, -0.15) is 5.21 Å². The topological polar surface area (TPSA) is 70.2 Å². The van der Waals surface area contributed by atoms with Gasteiger partial charge in [-0.15, -0.1) is 0 Å². The molecule has 0 spiro atoms. The molecule has 0 aliphatic heterocycles. The molecule has 0 aliphatic rings. The molecule has 98 valence electrons. The van der Waals surface area contributed by atoms with E-state index in [4.69, 9.17) is 0 Å². The Kier molecular flexibility index (Phi) is 3.47. The van der Waals surface area contributed by atoms with Crippen LogP contribution in [0.3, 0.4) is 0 Å². The molecule has 0 atom stereocenters. The van der Waals surface area contributed by atoms with Gasteiger partial charge < -0.3 is 0 Å². The van der Waals surface area contributed by atoms with Crippen molar-refractivity contribution in [1.29, 1.82) is 0 Å². The molecule has 2 aromatic heterocycles. The maximum atomic E-state index is 4.58. The molecule has 2 aromatic carbocycles. The van der Waals surface area contributed by atoms with Crippen LogP contribution in [0, 0.1) is 4.77 Å². The number of fused-ring (bicyclic) bond motifs is 2. The van der Waals surface area contributed by atoms with Crippen molar-refractivity contribution in [2.45, 2.75) is 0 Å². The molecule has 0 aliphatic carbocycles. The van der Waals surface area contributed by atoms with Crippen molar-refractivity contribution in [3.8, 4) is 0 Å². The smallest absolute Gasteiger partial charge is 0.235 e. The Morgan fingerprint density at radius 3 is 1.90 bits per heavy atom. The molecule has 2 heterocycles. The molecule has 0 saturated carbocycles. The van der Waals surface area contributed by atoms with Crippen LogP contribution in [0.4, 0.5) is 0 Å². The van der Waals surface area contributed by atoms with Gasteiger partial charge in [0, 0.05) is 10.8 Å². The predicted molar refractivity (Wildman–Crippen MR) is 80.8 cm³/mol. The van der Waals surface area contributed by atoms with E-state index in [0.29, 0.717) is 4.77 Å². The standard InChI is InChI=1S/C13H9N.CH2N4S/c1-3-7-12-10(5-1)9-11-6-2-4-8-13(11)14-12;6-1-2-4-5-3-1/h1-9H;(H2,2,3,4,5,6). The fourth-order valence-electron chi connectivity index (χ4n) is 1.89. The Labute approximate surface area is 119 Å². The van der Waals surface area contributed by atoms with Gasteiger partial charge >= 0.3 is 0 Å². The predicted octanol–water partition coefficient (Wildman–Crippen LogP) is 3.25. The molecule has 20 heavy (non-hydrogen) atoms. The van der Waals surface area contributed by atoms with E-state index in [1.165, 1.54) is 10.8 Å². The first kappa shape index (κ1) is 12.4. The minimum absolute atomic E-state index is 0.384. The summed E-state index contributed by atoms with van der Waals surface area (Å²) in [5, 5.41) is 13.9. The molecular weight excluding hydrogens is 270 g/mol. The largest absolute Gasteiger partial charge is 0.256 e. The van der Waals surface area contributed by atoms with Crippen molar-refractivity contribution < 1.29 is 0 Å². The third kappa shape index (κ3) is 2.70. The second kappa shape index (κ2) is 5.58. The quantitative estimate of drug-likeness (QED) is 0.383. The summed E-state index contributed by atoms with van der Waals surface area (Å²) >= 11 is 4.48. The van der Waals surface area contributed by atoms with Gasteiger partial charge in [-0.05, 0) is 30.4 Å². The molecule has 2 N–H and O–H groups in total. The zero-order valence-corrected chi connectivity index (χ0v) is 11.3. The van der Waals surface area contributed by atoms with Crippen LogP contribution in [0.5, 0.6) is 0 Å². The number of hydrogen-bond donors (Lipinski definition) is 2. The molecule has 0 bridgehead atoms. The molecule has 0 saturated heterocycles. The van der Waals surface area contributed by atoms with Gasteiger partial charge in [-0.25, -0.2) is 4.98 Å². The minimum Gasteiger partial charge on any atom is -0.256 e. The van der Waals surface area contributed by atoms with E-state index in [1.54, 1.807) is 0 Å². The zero-order chi connectivity index (χ0) is 13.8. The van der Waals surface area contributed by atoms with Crippen LogP contribution in [0.1, 0.15) is 0 Å². The monoisotopic (exact) mass is 281 g/mol. The van der Waals surface area contributed by atoms with Crippen LogP contribution < -0.4 is 0 Å². The molecule has 0 fully saturated rings. The molecule has 0 radical (unpaired) electrons. The van der Waals surface area contributed by atoms with E-state index in [9.17, 15) is 0 Å². The molecular formula is C14H11N5S. The van der Waals surface area contributed by atoms with Crippen molar-refractivity contribution in [3.05, 3.63) is 59.4 Å². The maximum absolute atomic E-state index is 4.58. The van der Waals surface area contributed by atoms with E-state index < -0.39 is 0 Å². The highest BCUT2D eigenvalue weighted by atomic mass is 32.1. The Morgan fingerprint density at radius 2 is 1.45 bits per heavy atom. The summed E-state index contributed by atoms with van der Waals surface area (Å²) in [5.74, 6) is 0. The van der Waals surface area contributed by atoms with Gasteiger partial charge in [0.1, 0.15) is 0 Å². The molecule has 0 amide bonds. The zero-order valence-electron chi connectivity index (χ0n) is 10.4. The number of rotatable bonds is 0. The number of hydrogen-bond acceptors (Lipinski definition) is 4. The number of para-hydroxylation sites is 2. The van der Waals surface area contributed by atoms with Crippen LogP contribution in [0.2, 0.25) is 0 Å². The average molecular weight is 281 g/mol. The van der Waals surface area contributed by atoms with Gasteiger partial charge in [-0.3, -0.25) is 5.10 Å². The highest BCUT2D eigenvalue weighted by Crippen LogP contribution is 2.18. The van der Waals surface area contributed by atoms with Crippen molar-refractivity contribution in [2.75, 3.05) is 0 Å². The number of aromatic nitrogens is 5. The first-order valence-corrected chi connectivity index (χ1v) is 6.44. The van der Waals surface area contributed by atoms with Crippen LogP contribution in [0.25, 0.3) is 21.8 Å². The van der Waals surface area contributed by atoms with E-state index >= 15 is 0 Å². The highest BCUT2D eigenvalue weighted by molar-refractivity contribution is 7.71. The number of H-pyrrole nitrogens is 2. The number of nitrogens with one attached hydrogen (secondary N) is 2. The number of benzene rings is 2. The van der Waals surface area contributed by atoms with E-state index in [1.807, 2.05) is 36.4 Å². The number of tetrazole rings is 1. The lowest BCUT2D eigenvalue weighted by molar-refractivity contribution is 0.881. The van der Waals surface area contributed by atoms with Crippen molar-refractivity contribution in [1.82, 2.24) is 25.6 Å². The molecule has 6 heteroatoms. The number of pyridine rings is 1. The molecule has 0 unspecified atom stereocenters. The van der Waals surface area contributed by atoms with Crippen molar-refractivity contribution in [3.63, 3.8) is 0 Å². The third-order valence-corrected chi connectivity index (χ3v) is 2.96. The minimum atomic E-state index is 0.384. The first-order valence-electron chi connectivity index (χ1n) is 6.03. The summed E-state index contributed by atoms with van der Waals surface area (Å²) < 4.78 is 0.384. The SMILES string of the molecule is S=c1nn[nH][nH]1.c1ccc2nc3ccccc3cc2c1. The number of aromatic amines is 2. The summed E-state index contributed by atoms with van der Waals surface area (Å²) in [6, 6.07) is 18.6. The summed E-state index contributed by atoms with van der Waals surface area (Å²) in [7, 11) is 0. The number of nitrogens with zero attached hydrogens (tertiary/aromatic N) is 3. The maximum Gasteiger partial charge on any atom is 0.235 e. The van der Waals surface area contributed by atoms with Gasteiger partial charge in [0.15, 0.2) is 0 Å². The lowest BCUT2D eigenvalue weighted by Gasteiger charge is -1.99. The fraction of sp³-hybridized carbons (Fsp3) is 0. The Balaban J connectivity index is 0.000000170. The van der Waals surface area contributed by atoms with Crippen LogP contribution in [0.15, 0.2) is 54.6 Å². The fourth-order valence-corrected chi connectivity index (χ4v) is 1.97. The Hall–Kier alpha value is -2.60. The second-order valence-electron chi connectivity index (χ2n) is 4.12. The van der Waals surface area contributed by atoms with Gasteiger partial charge in [-0.1, -0.05) is 46.7 Å². The third-order valence-electron chi connectivity index (χ3n) is 2.78. The van der Waals surface area contributed by atoms with Crippen LogP contribution in [-0.4, -0.2) is 25.6 Å². The lowest BCUT2D eigenvalue weighted by Crippen LogP contribution is -1.80. The van der Waals surface area contributed by atoms with E-state index in [2.05, 4.69) is 56.0 Å². The van der Waals surface area contributed by atoms with Crippen molar-refractivity contribution in [2.24, 2.45) is 0 Å². The lowest BCUT2D eigenvalue weighted by atomic mass is 10.1. The first-order chi connectivity index (χ1) is 9.83. The highest BCUT2D eigenvalue weighted by Gasteiger charge is 1.96. The molecule has 5 nitrogen and oxygen atoms in total. The van der Waals surface area contributed by atoms with Gasteiger partial charge in [0.2, 0.25) is 4.77 Å². The van der Waals surface area contributed by atoms with Gasteiger partial charge in [0.05, 0.1) is 11.0 Å². The molecule has 4 rings (SSSR count). The normalized spacial score (nSPS) is 10.2. The summed E-state index contributed by atoms with van der Waals surface area (Å²) in [5.41, 5.74) is 2.12. The average Bonchev–Trinajstić information content (AvgIpc) is 2.97. The summed E-state index contributed by atoms with van der Waals surface area (Å²) in [4.78, 5) is 4.58. The summed E-state index contributed by atoms with van der Waals surface area (Å²) in [6.07, 6.45) is 0. The summed E-state index contributed by atoms with van der Waals surface area (Å²) in [6.45, 7) is 0. The van der Waals surface area contributed by atoms with Crippen LogP contribution >= 0.6 is 12.2 Å². The van der Waals surface area contributed by atoms with E-state index in [0.717, 1.165) is 11.0 Å². The van der Waals surface area contributed by atoms with Gasteiger partial charge in [0.25, 0.3) is 0 Å². The second-order valence-corrected chi connectivity index (χ2v) is 4.50. The van der Waals surface area contributed by atoms with Crippen molar-refractivity contribution >= 4 is 34.0 Å². The van der Waals surface area contributed by atoms with Crippen LogP contribution in [-0.2, 0) is 0 Å².